The molecule has 0 saturated carbocycles. The SMILES string of the molecule is Nc1ccc(C(F)(F)F)cc1C(=O)NCc1ccc(Cl)cc1. The van der Waals surface area contributed by atoms with Crippen LogP contribution < -0.4 is 11.1 Å². The maximum absolute atomic E-state index is 12.7. The van der Waals surface area contributed by atoms with E-state index in [1.54, 1.807) is 24.3 Å². The molecule has 0 heterocycles. The average Bonchev–Trinajstić information content (AvgIpc) is 2.45. The van der Waals surface area contributed by atoms with Crippen molar-refractivity contribution in [3.8, 4) is 0 Å². The minimum Gasteiger partial charge on any atom is -0.398 e. The predicted molar refractivity (Wildman–Crippen MR) is 78.5 cm³/mol. The summed E-state index contributed by atoms with van der Waals surface area (Å²) in [4.78, 5) is 12.0. The number of anilines is 1. The zero-order chi connectivity index (χ0) is 16.3. The molecule has 0 saturated heterocycles. The van der Waals surface area contributed by atoms with Crippen LogP contribution >= 0.6 is 11.6 Å². The molecule has 2 rings (SSSR count). The van der Waals surface area contributed by atoms with Crippen molar-refractivity contribution in [2.45, 2.75) is 12.7 Å². The summed E-state index contributed by atoms with van der Waals surface area (Å²) in [5, 5.41) is 3.08. The molecular weight excluding hydrogens is 317 g/mol. The number of nitrogens with one attached hydrogen (secondary N) is 1. The van der Waals surface area contributed by atoms with E-state index >= 15 is 0 Å². The fraction of sp³-hybridized carbons (Fsp3) is 0.133. The second-order valence-corrected chi connectivity index (χ2v) is 5.05. The second-order valence-electron chi connectivity index (χ2n) is 4.61. The van der Waals surface area contributed by atoms with Gasteiger partial charge in [-0.15, -0.1) is 0 Å². The van der Waals surface area contributed by atoms with Crippen LogP contribution in [0.15, 0.2) is 42.5 Å². The Labute approximate surface area is 129 Å². The lowest BCUT2D eigenvalue weighted by molar-refractivity contribution is -0.137. The van der Waals surface area contributed by atoms with E-state index in [2.05, 4.69) is 5.32 Å². The van der Waals surface area contributed by atoms with E-state index < -0.39 is 17.6 Å². The van der Waals surface area contributed by atoms with Gasteiger partial charge in [-0.1, -0.05) is 23.7 Å². The van der Waals surface area contributed by atoms with Gasteiger partial charge in [-0.2, -0.15) is 13.2 Å². The van der Waals surface area contributed by atoms with Crippen LogP contribution in [0.5, 0.6) is 0 Å². The molecule has 116 valence electrons. The van der Waals surface area contributed by atoms with Crippen LogP contribution in [0, 0.1) is 0 Å². The fourth-order valence-electron chi connectivity index (χ4n) is 1.81. The molecule has 0 aromatic heterocycles. The Morgan fingerprint density at radius 1 is 1.14 bits per heavy atom. The molecule has 2 aromatic carbocycles. The molecule has 0 unspecified atom stereocenters. The number of hydrogen-bond donors (Lipinski definition) is 2. The first-order valence-corrected chi connectivity index (χ1v) is 6.64. The number of alkyl halides is 3. The quantitative estimate of drug-likeness (QED) is 0.840. The molecule has 3 N–H and O–H groups in total. The Morgan fingerprint density at radius 3 is 2.36 bits per heavy atom. The van der Waals surface area contributed by atoms with Crippen LogP contribution in [0.2, 0.25) is 5.02 Å². The lowest BCUT2D eigenvalue weighted by Gasteiger charge is -2.11. The molecule has 22 heavy (non-hydrogen) atoms. The summed E-state index contributed by atoms with van der Waals surface area (Å²) in [7, 11) is 0. The van der Waals surface area contributed by atoms with Crippen LogP contribution in [0.3, 0.4) is 0 Å². The van der Waals surface area contributed by atoms with E-state index in [9.17, 15) is 18.0 Å². The Kier molecular flexibility index (Phi) is 4.61. The summed E-state index contributed by atoms with van der Waals surface area (Å²) in [6.45, 7) is 0.158. The summed E-state index contributed by atoms with van der Waals surface area (Å²) < 4.78 is 38.0. The van der Waals surface area contributed by atoms with E-state index in [-0.39, 0.29) is 17.8 Å². The van der Waals surface area contributed by atoms with E-state index in [1.807, 2.05) is 0 Å². The van der Waals surface area contributed by atoms with Crippen LogP contribution in [0.1, 0.15) is 21.5 Å². The summed E-state index contributed by atoms with van der Waals surface area (Å²) in [5.74, 6) is -0.668. The highest BCUT2D eigenvalue weighted by Gasteiger charge is 2.31. The van der Waals surface area contributed by atoms with Gasteiger partial charge in [-0.3, -0.25) is 4.79 Å². The standard InChI is InChI=1S/C15H12ClF3N2O/c16-11-4-1-9(2-5-11)8-21-14(22)12-7-10(15(17,18)19)3-6-13(12)20/h1-7H,8,20H2,(H,21,22). The van der Waals surface area contributed by atoms with Gasteiger partial charge in [0.05, 0.1) is 11.1 Å². The highest BCUT2D eigenvalue weighted by atomic mass is 35.5. The largest absolute Gasteiger partial charge is 0.416 e. The number of carbonyl (C=O) groups excluding carboxylic acids is 1. The minimum atomic E-state index is -4.53. The monoisotopic (exact) mass is 328 g/mol. The Morgan fingerprint density at radius 2 is 1.77 bits per heavy atom. The molecule has 0 aliphatic rings. The summed E-state index contributed by atoms with van der Waals surface area (Å²) in [6, 6.07) is 9.37. The number of nitrogen functional groups attached to an aromatic ring is 1. The van der Waals surface area contributed by atoms with Crippen molar-refractivity contribution in [1.29, 1.82) is 0 Å². The number of benzene rings is 2. The zero-order valence-electron chi connectivity index (χ0n) is 11.2. The van der Waals surface area contributed by atoms with Gasteiger partial charge in [0.2, 0.25) is 0 Å². The number of hydrogen-bond acceptors (Lipinski definition) is 2. The van der Waals surface area contributed by atoms with Gasteiger partial charge in [0, 0.05) is 17.3 Å². The topological polar surface area (TPSA) is 55.1 Å². The number of halogens is 4. The molecule has 0 atom stereocenters. The Bertz CT molecular complexity index is 684. The average molecular weight is 329 g/mol. The molecule has 0 fully saturated rings. The minimum absolute atomic E-state index is 0.0124. The van der Waals surface area contributed by atoms with Crippen molar-refractivity contribution in [1.82, 2.24) is 5.32 Å². The predicted octanol–water partition coefficient (Wildman–Crippen LogP) is 3.87. The van der Waals surface area contributed by atoms with E-state index in [1.165, 1.54) is 0 Å². The molecule has 0 aliphatic carbocycles. The molecule has 2 aromatic rings. The molecule has 1 amide bonds. The number of carbonyl (C=O) groups is 1. The summed E-state index contributed by atoms with van der Waals surface area (Å²) in [6.07, 6.45) is -4.53. The van der Waals surface area contributed by atoms with Crippen molar-refractivity contribution in [2.75, 3.05) is 5.73 Å². The van der Waals surface area contributed by atoms with E-state index in [4.69, 9.17) is 17.3 Å². The lowest BCUT2D eigenvalue weighted by atomic mass is 10.1. The highest BCUT2D eigenvalue weighted by molar-refractivity contribution is 6.30. The maximum Gasteiger partial charge on any atom is 0.416 e. The normalized spacial score (nSPS) is 11.3. The van der Waals surface area contributed by atoms with Crippen LogP contribution in [0.25, 0.3) is 0 Å². The Balaban J connectivity index is 2.13. The molecular formula is C15H12ClF3N2O. The number of amides is 1. The van der Waals surface area contributed by atoms with E-state index in [0.29, 0.717) is 5.02 Å². The third kappa shape index (κ3) is 3.92. The van der Waals surface area contributed by atoms with Crippen molar-refractivity contribution < 1.29 is 18.0 Å². The van der Waals surface area contributed by atoms with Gasteiger partial charge in [-0.05, 0) is 35.9 Å². The molecule has 0 radical (unpaired) electrons. The van der Waals surface area contributed by atoms with Crippen molar-refractivity contribution in [2.24, 2.45) is 0 Å². The molecule has 3 nitrogen and oxygen atoms in total. The molecule has 0 bridgehead atoms. The first-order chi connectivity index (χ1) is 10.3. The highest BCUT2D eigenvalue weighted by Crippen LogP contribution is 2.31. The van der Waals surface area contributed by atoms with Gasteiger partial charge >= 0.3 is 6.18 Å². The first kappa shape index (κ1) is 16.2. The van der Waals surface area contributed by atoms with E-state index in [0.717, 1.165) is 23.8 Å². The number of rotatable bonds is 3. The third-order valence-electron chi connectivity index (χ3n) is 2.99. The van der Waals surface area contributed by atoms with Gasteiger partial charge in [0.15, 0.2) is 0 Å². The van der Waals surface area contributed by atoms with Gasteiger partial charge in [-0.25, -0.2) is 0 Å². The van der Waals surface area contributed by atoms with Crippen LogP contribution in [-0.4, -0.2) is 5.91 Å². The lowest BCUT2D eigenvalue weighted by Crippen LogP contribution is -2.24. The van der Waals surface area contributed by atoms with Gasteiger partial charge < -0.3 is 11.1 Å². The second kappa shape index (κ2) is 6.27. The van der Waals surface area contributed by atoms with Crippen LogP contribution in [0.4, 0.5) is 18.9 Å². The zero-order valence-corrected chi connectivity index (χ0v) is 12.0. The first-order valence-electron chi connectivity index (χ1n) is 6.27. The summed E-state index contributed by atoms with van der Waals surface area (Å²) >= 11 is 5.74. The smallest absolute Gasteiger partial charge is 0.398 e. The molecule has 0 spiro atoms. The Hall–Kier alpha value is -2.21. The number of nitrogens with two attached hydrogens (primary N) is 1. The van der Waals surface area contributed by atoms with Crippen LogP contribution in [-0.2, 0) is 12.7 Å². The molecule has 0 aliphatic heterocycles. The van der Waals surface area contributed by atoms with Crippen molar-refractivity contribution >= 4 is 23.2 Å². The third-order valence-corrected chi connectivity index (χ3v) is 3.24. The van der Waals surface area contributed by atoms with Crippen molar-refractivity contribution in [3.05, 3.63) is 64.2 Å². The maximum atomic E-state index is 12.7. The van der Waals surface area contributed by atoms with Gasteiger partial charge in [0.25, 0.3) is 5.91 Å². The summed E-state index contributed by atoms with van der Waals surface area (Å²) in [5.41, 5.74) is 5.21. The molecule has 7 heteroatoms. The fourth-order valence-corrected chi connectivity index (χ4v) is 1.94. The van der Waals surface area contributed by atoms with Crippen molar-refractivity contribution in [3.63, 3.8) is 0 Å². The van der Waals surface area contributed by atoms with Gasteiger partial charge in [0.1, 0.15) is 0 Å².